The van der Waals surface area contributed by atoms with E-state index in [1.807, 2.05) is 24.3 Å². The molecule has 1 unspecified atom stereocenters. The van der Waals surface area contributed by atoms with Gasteiger partial charge in [0.1, 0.15) is 29.3 Å². The Kier molecular flexibility index (Phi) is 7.50. The summed E-state index contributed by atoms with van der Waals surface area (Å²) >= 11 is 0. The number of aromatic amines is 1. The van der Waals surface area contributed by atoms with Crippen molar-refractivity contribution in [3.63, 3.8) is 0 Å². The van der Waals surface area contributed by atoms with Crippen LogP contribution in [-0.2, 0) is 9.59 Å². The number of nitrogens with one attached hydrogen (secondary N) is 4. The number of nitrogens with zero attached hydrogens (tertiary/aromatic N) is 3. The van der Waals surface area contributed by atoms with E-state index in [0.717, 1.165) is 30.2 Å². The van der Waals surface area contributed by atoms with Crippen molar-refractivity contribution in [3.05, 3.63) is 54.7 Å². The molecule has 4 aromatic rings. The van der Waals surface area contributed by atoms with Gasteiger partial charge >= 0.3 is 6.09 Å². The number of carbonyl (C=O) groups is 3. The quantitative estimate of drug-likeness (QED) is 0.177. The number of benzene rings is 2. The van der Waals surface area contributed by atoms with Crippen LogP contribution in [0.5, 0.6) is 5.75 Å². The summed E-state index contributed by atoms with van der Waals surface area (Å²) in [7, 11) is 0. The maximum Gasteiger partial charge on any atom is 0.405 e. The van der Waals surface area contributed by atoms with Gasteiger partial charge in [-0.25, -0.2) is 19.7 Å². The molecule has 39 heavy (non-hydrogen) atoms. The second-order valence-corrected chi connectivity index (χ2v) is 9.29. The number of primary amides is 1. The summed E-state index contributed by atoms with van der Waals surface area (Å²) in [5, 5.41) is 19.1. The van der Waals surface area contributed by atoms with E-state index >= 15 is 0 Å². The fourth-order valence-electron chi connectivity index (χ4n) is 4.79. The summed E-state index contributed by atoms with van der Waals surface area (Å²) in [6, 6.07) is 9.82. The van der Waals surface area contributed by atoms with Crippen molar-refractivity contribution in [3.8, 4) is 5.75 Å². The molecule has 0 saturated carbocycles. The van der Waals surface area contributed by atoms with Crippen molar-refractivity contribution in [1.82, 2.24) is 30.6 Å². The number of fused-ring (bicyclic) bond motifs is 2. The van der Waals surface area contributed by atoms with E-state index in [9.17, 15) is 14.4 Å². The van der Waals surface area contributed by atoms with Crippen LogP contribution in [0.25, 0.3) is 21.9 Å². The third-order valence-corrected chi connectivity index (χ3v) is 6.64. The number of carbonyl (C=O) groups excluding carboxylic acids is 2. The molecule has 1 aliphatic heterocycles. The number of anilines is 1. The highest BCUT2D eigenvalue weighted by Crippen LogP contribution is 2.35. The standard InChI is InChI=1S/C26H28N8O5/c27-20(35)9-8-18(34-26(37)38)25(36)33-15-7-6-14-3-1-5-19(16(14)11-15)39-23(17-4-2-10-28-17)21-22-24(31-12-29-21)32-13-30-22/h1,3,5-7,11-13,17-18,23,28,34H,2,4,8-10H2,(H2,27,35)(H,33,36)(H,37,38)(H,29,30,31,32)/t17?,18-,23+/m0/s1. The van der Waals surface area contributed by atoms with Gasteiger partial charge in [0.05, 0.1) is 12.4 Å². The number of ether oxygens (including phenoxy) is 1. The number of imidazole rings is 1. The fraction of sp³-hybridized carbons (Fsp3) is 0.308. The molecule has 1 saturated heterocycles. The molecule has 1 fully saturated rings. The highest BCUT2D eigenvalue weighted by atomic mass is 16.5. The van der Waals surface area contributed by atoms with E-state index in [-0.39, 0.29) is 18.9 Å². The van der Waals surface area contributed by atoms with Gasteiger partial charge in [0, 0.05) is 17.5 Å². The minimum Gasteiger partial charge on any atom is -0.482 e. The van der Waals surface area contributed by atoms with Gasteiger partial charge in [-0.15, -0.1) is 0 Å². The number of rotatable bonds is 10. The third kappa shape index (κ3) is 5.88. The SMILES string of the molecule is NC(=O)CC[C@H](NC(=O)O)C(=O)Nc1ccc2cccc(O[C@@H](c3ncnc4[nH]cnc34)C3CCCN3)c2c1. The van der Waals surface area contributed by atoms with Gasteiger partial charge in [-0.1, -0.05) is 18.2 Å². The second-order valence-electron chi connectivity index (χ2n) is 9.29. The Morgan fingerprint density at radius 1 is 1.18 bits per heavy atom. The maximum absolute atomic E-state index is 12.9. The molecular weight excluding hydrogens is 504 g/mol. The Morgan fingerprint density at radius 2 is 2.05 bits per heavy atom. The Hall–Kier alpha value is -4.78. The number of aromatic nitrogens is 4. The largest absolute Gasteiger partial charge is 0.482 e. The summed E-state index contributed by atoms with van der Waals surface area (Å²) < 4.78 is 6.64. The van der Waals surface area contributed by atoms with Gasteiger partial charge in [0.2, 0.25) is 11.8 Å². The van der Waals surface area contributed by atoms with Crippen LogP contribution in [0.4, 0.5) is 10.5 Å². The first-order valence-corrected chi connectivity index (χ1v) is 12.5. The van der Waals surface area contributed by atoms with E-state index in [2.05, 4.69) is 35.9 Å². The Balaban J connectivity index is 1.45. The average molecular weight is 533 g/mol. The molecule has 7 N–H and O–H groups in total. The van der Waals surface area contributed by atoms with E-state index in [1.54, 1.807) is 18.5 Å². The van der Waals surface area contributed by atoms with Crippen molar-refractivity contribution in [1.29, 1.82) is 0 Å². The summed E-state index contributed by atoms with van der Waals surface area (Å²) in [6.07, 6.45) is 2.92. The number of H-pyrrole nitrogens is 1. The lowest BCUT2D eigenvalue weighted by Gasteiger charge is -2.25. The Labute approximate surface area is 222 Å². The zero-order valence-corrected chi connectivity index (χ0v) is 20.9. The van der Waals surface area contributed by atoms with Gasteiger partial charge in [0.25, 0.3) is 0 Å². The van der Waals surface area contributed by atoms with Gasteiger partial charge in [-0.05, 0) is 49.4 Å². The first kappa shape index (κ1) is 25.9. The van der Waals surface area contributed by atoms with Crippen LogP contribution in [0.2, 0.25) is 0 Å². The molecule has 3 heterocycles. The molecule has 0 spiro atoms. The highest BCUT2D eigenvalue weighted by molar-refractivity contribution is 5.99. The lowest BCUT2D eigenvalue weighted by Crippen LogP contribution is -2.43. The molecule has 3 amide bonds. The van der Waals surface area contributed by atoms with Crippen LogP contribution < -0.4 is 26.4 Å². The van der Waals surface area contributed by atoms with E-state index < -0.39 is 30.1 Å². The van der Waals surface area contributed by atoms with Crippen molar-refractivity contribution < 1.29 is 24.2 Å². The third-order valence-electron chi connectivity index (χ3n) is 6.64. The lowest BCUT2D eigenvalue weighted by atomic mass is 10.0. The lowest BCUT2D eigenvalue weighted by molar-refractivity contribution is -0.119. The van der Waals surface area contributed by atoms with Crippen LogP contribution >= 0.6 is 0 Å². The van der Waals surface area contributed by atoms with E-state index in [0.29, 0.717) is 28.3 Å². The summed E-state index contributed by atoms with van der Waals surface area (Å²) in [6.45, 7) is 0.867. The molecule has 0 bridgehead atoms. The van der Waals surface area contributed by atoms with Crippen LogP contribution in [0, 0.1) is 0 Å². The minimum atomic E-state index is -1.38. The molecule has 13 nitrogen and oxygen atoms in total. The molecular formula is C26H28N8O5. The van der Waals surface area contributed by atoms with Crippen molar-refractivity contribution in [2.24, 2.45) is 5.73 Å². The van der Waals surface area contributed by atoms with Gasteiger partial charge < -0.3 is 36.5 Å². The first-order chi connectivity index (χ1) is 18.9. The van der Waals surface area contributed by atoms with Crippen LogP contribution in [0.1, 0.15) is 37.5 Å². The van der Waals surface area contributed by atoms with Crippen LogP contribution in [-0.4, -0.2) is 61.6 Å². The zero-order valence-electron chi connectivity index (χ0n) is 20.9. The molecule has 2 aromatic carbocycles. The Morgan fingerprint density at radius 3 is 2.82 bits per heavy atom. The number of nitrogens with two attached hydrogens (primary N) is 1. The Bertz CT molecular complexity index is 1520. The number of amides is 3. The summed E-state index contributed by atoms with van der Waals surface area (Å²) in [5.74, 6) is -0.653. The van der Waals surface area contributed by atoms with Crippen LogP contribution in [0.3, 0.4) is 0 Å². The molecule has 1 aliphatic rings. The van der Waals surface area contributed by atoms with Crippen LogP contribution in [0.15, 0.2) is 49.1 Å². The minimum absolute atomic E-state index is 0.00560. The number of hydrogen-bond acceptors (Lipinski definition) is 8. The molecule has 3 atom stereocenters. The molecule has 0 radical (unpaired) electrons. The van der Waals surface area contributed by atoms with Gasteiger partial charge in [0.15, 0.2) is 11.8 Å². The highest BCUT2D eigenvalue weighted by Gasteiger charge is 2.32. The van der Waals surface area contributed by atoms with Gasteiger partial charge in [-0.2, -0.15) is 0 Å². The summed E-state index contributed by atoms with van der Waals surface area (Å²) in [5.41, 5.74) is 7.54. The molecule has 0 aliphatic carbocycles. The normalized spacial score (nSPS) is 16.6. The smallest absolute Gasteiger partial charge is 0.405 e. The predicted octanol–water partition coefficient (Wildman–Crippen LogP) is 2.22. The topological polar surface area (TPSA) is 197 Å². The zero-order chi connectivity index (χ0) is 27.4. The van der Waals surface area contributed by atoms with Crippen molar-refractivity contribution >= 4 is 45.5 Å². The molecule has 5 rings (SSSR count). The first-order valence-electron chi connectivity index (χ1n) is 12.5. The second kappa shape index (κ2) is 11.3. The fourth-order valence-corrected chi connectivity index (χ4v) is 4.79. The predicted molar refractivity (Wildman–Crippen MR) is 142 cm³/mol. The number of carboxylic acid groups (broad SMARTS) is 1. The monoisotopic (exact) mass is 532 g/mol. The average Bonchev–Trinajstić information content (AvgIpc) is 3.62. The maximum atomic E-state index is 12.9. The van der Waals surface area contributed by atoms with E-state index in [1.165, 1.54) is 6.33 Å². The number of hydrogen-bond donors (Lipinski definition) is 6. The molecule has 202 valence electrons. The van der Waals surface area contributed by atoms with Crippen molar-refractivity contribution in [2.75, 3.05) is 11.9 Å². The summed E-state index contributed by atoms with van der Waals surface area (Å²) in [4.78, 5) is 51.4. The molecule has 13 heteroatoms. The molecule has 2 aromatic heterocycles. The van der Waals surface area contributed by atoms with Crippen molar-refractivity contribution in [2.45, 2.75) is 43.9 Å². The van der Waals surface area contributed by atoms with Gasteiger partial charge in [-0.3, -0.25) is 9.59 Å². The van der Waals surface area contributed by atoms with E-state index in [4.69, 9.17) is 15.6 Å².